The lowest BCUT2D eigenvalue weighted by molar-refractivity contribution is 0.414. The molecule has 0 N–H and O–H groups in total. The van der Waals surface area contributed by atoms with E-state index in [1.807, 2.05) is 84.9 Å². The zero-order valence-corrected chi connectivity index (χ0v) is 21.7. The van der Waals surface area contributed by atoms with Gasteiger partial charge in [0.05, 0.1) is 20.4 Å². The van der Waals surface area contributed by atoms with Crippen molar-refractivity contribution in [2.24, 2.45) is 4.99 Å². The Morgan fingerprint density at radius 1 is 0.757 bits per heavy atom. The first-order valence-electron chi connectivity index (χ1n) is 11.3. The number of nitriles is 1. The van der Waals surface area contributed by atoms with Crippen LogP contribution in [-0.4, -0.2) is 20.4 Å². The van der Waals surface area contributed by atoms with Crippen molar-refractivity contribution >= 4 is 28.0 Å². The molecule has 0 unspecified atom stereocenters. The van der Waals surface area contributed by atoms with E-state index in [-0.39, 0.29) is 5.88 Å². The van der Waals surface area contributed by atoms with E-state index in [0.29, 0.717) is 28.4 Å². The highest BCUT2D eigenvalue weighted by Gasteiger charge is 2.23. The van der Waals surface area contributed by atoms with E-state index in [1.54, 1.807) is 20.4 Å². The van der Waals surface area contributed by atoms with Crippen LogP contribution in [-0.2, 0) is 0 Å². The normalized spacial score (nSPS) is 11.0. The Hall–Kier alpha value is -4.54. The minimum atomic E-state index is 0.195. The molecule has 5 rings (SSSR count). The molecule has 0 atom stereocenters. The first kappa shape index (κ1) is 24.2. The molecule has 0 radical (unpaired) electrons. The third kappa shape index (κ3) is 5.06. The van der Waals surface area contributed by atoms with E-state index in [9.17, 15) is 5.26 Å². The van der Waals surface area contributed by atoms with E-state index in [0.717, 1.165) is 32.7 Å². The summed E-state index contributed by atoms with van der Waals surface area (Å²) < 4.78 is 23.7. The van der Waals surface area contributed by atoms with E-state index < -0.39 is 0 Å². The molecule has 0 saturated heterocycles. The number of ether oxygens (including phenoxy) is 2. The Morgan fingerprint density at radius 2 is 1.35 bits per heavy atom. The maximum absolute atomic E-state index is 10.1. The number of furan rings is 2. The molecule has 0 aliphatic carbocycles. The summed E-state index contributed by atoms with van der Waals surface area (Å²) in [6.07, 6.45) is 1.55. The summed E-state index contributed by atoms with van der Waals surface area (Å²) >= 11 is 3.44. The van der Waals surface area contributed by atoms with Gasteiger partial charge in [-0.15, -0.1) is 0 Å². The maximum atomic E-state index is 10.1. The molecule has 0 fully saturated rings. The fourth-order valence-electron chi connectivity index (χ4n) is 3.91. The van der Waals surface area contributed by atoms with Crippen LogP contribution in [0.1, 0.15) is 11.3 Å². The van der Waals surface area contributed by atoms with Crippen LogP contribution in [0.3, 0.4) is 0 Å². The van der Waals surface area contributed by atoms with Crippen LogP contribution in [0.2, 0.25) is 0 Å². The molecule has 2 aromatic heterocycles. The minimum absolute atomic E-state index is 0.195. The molecule has 37 heavy (non-hydrogen) atoms. The van der Waals surface area contributed by atoms with Gasteiger partial charge in [0.2, 0.25) is 5.88 Å². The van der Waals surface area contributed by atoms with Gasteiger partial charge in [0.15, 0.2) is 0 Å². The second-order valence-corrected chi connectivity index (χ2v) is 8.94. The molecule has 182 valence electrons. The predicted molar refractivity (Wildman–Crippen MR) is 146 cm³/mol. The number of hydrogen-bond acceptors (Lipinski definition) is 6. The monoisotopic (exact) mass is 552 g/mol. The molecule has 0 amide bonds. The molecule has 0 aliphatic heterocycles. The quantitative estimate of drug-likeness (QED) is 0.190. The Labute approximate surface area is 222 Å². The molecule has 0 bridgehead atoms. The molecule has 0 aliphatic rings. The number of methoxy groups -OCH3 is 2. The lowest BCUT2D eigenvalue weighted by Gasteiger charge is -2.06. The highest BCUT2D eigenvalue weighted by molar-refractivity contribution is 9.10. The summed E-state index contributed by atoms with van der Waals surface area (Å²) in [6, 6.07) is 28.7. The van der Waals surface area contributed by atoms with Crippen molar-refractivity contribution in [1.29, 1.82) is 5.26 Å². The number of aliphatic imine (C=N–C) groups is 1. The van der Waals surface area contributed by atoms with Gasteiger partial charge in [-0.1, -0.05) is 40.2 Å². The van der Waals surface area contributed by atoms with Gasteiger partial charge in [-0.3, -0.25) is 0 Å². The van der Waals surface area contributed by atoms with E-state index >= 15 is 0 Å². The van der Waals surface area contributed by atoms with Crippen molar-refractivity contribution in [2.75, 3.05) is 14.2 Å². The number of rotatable bonds is 7. The molecule has 2 heterocycles. The van der Waals surface area contributed by atoms with Gasteiger partial charge < -0.3 is 18.3 Å². The van der Waals surface area contributed by atoms with Crippen molar-refractivity contribution in [3.05, 3.63) is 101 Å². The lowest BCUT2D eigenvalue weighted by Crippen LogP contribution is -1.86. The standard InChI is InChI=1S/C30H21BrN2O4/c1-34-23-11-5-20(6-12-23)28-26(17-32)30(37-29(28)21-7-13-24(35-2)14-8-21)33-18-25-15-16-27(36-25)19-3-9-22(31)10-4-19/h3-16,18H,1-2H3. The third-order valence-electron chi connectivity index (χ3n) is 5.80. The zero-order chi connectivity index (χ0) is 25.8. The van der Waals surface area contributed by atoms with Crippen molar-refractivity contribution in [3.8, 4) is 51.3 Å². The van der Waals surface area contributed by atoms with Gasteiger partial charge in [0.25, 0.3) is 0 Å². The molecule has 5 aromatic rings. The number of benzene rings is 3. The van der Waals surface area contributed by atoms with Gasteiger partial charge in [0.1, 0.15) is 40.4 Å². The van der Waals surface area contributed by atoms with Gasteiger partial charge in [-0.25, -0.2) is 4.99 Å². The highest BCUT2D eigenvalue weighted by atomic mass is 79.9. The fraction of sp³-hybridized carbons (Fsp3) is 0.0667. The predicted octanol–water partition coefficient (Wildman–Crippen LogP) is 8.28. The number of hydrogen-bond donors (Lipinski definition) is 0. The Kier molecular flexibility index (Phi) is 6.93. The summed E-state index contributed by atoms with van der Waals surface area (Å²) in [5.74, 6) is 3.42. The summed E-state index contributed by atoms with van der Waals surface area (Å²) in [7, 11) is 3.22. The first-order chi connectivity index (χ1) is 18.1. The summed E-state index contributed by atoms with van der Waals surface area (Å²) in [5, 5.41) is 10.1. The second-order valence-electron chi connectivity index (χ2n) is 8.02. The van der Waals surface area contributed by atoms with Crippen LogP contribution in [0.4, 0.5) is 5.88 Å². The third-order valence-corrected chi connectivity index (χ3v) is 6.33. The van der Waals surface area contributed by atoms with E-state index in [4.69, 9.17) is 18.3 Å². The summed E-state index contributed by atoms with van der Waals surface area (Å²) in [6.45, 7) is 0. The number of halogens is 1. The summed E-state index contributed by atoms with van der Waals surface area (Å²) in [5.41, 5.74) is 3.52. The smallest absolute Gasteiger partial charge is 0.238 e. The molecule has 0 spiro atoms. The Morgan fingerprint density at radius 3 is 1.95 bits per heavy atom. The molecule has 6 nitrogen and oxygen atoms in total. The van der Waals surface area contributed by atoms with Crippen molar-refractivity contribution in [2.45, 2.75) is 0 Å². The first-order valence-corrected chi connectivity index (χ1v) is 12.1. The fourth-order valence-corrected chi connectivity index (χ4v) is 4.17. The largest absolute Gasteiger partial charge is 0.497 e. The van der Waals surface area contributed by atoms with Gasteiger partial charge >= 0.3 is 0 Å². The van der Waals surface area contributed by atoms with Gasteiger partial charge in [-0.05, 0) is 66.2 Å². The van der Waals surface area contributed by atoms with Gasteiger partial charge in [0, 0.05) is 21.2 Å². The van der Waals surface area contributed by atoms with Gasteiger partial charge in [-0.2, -0.15) is 5.26 Å². The van der Waals surface area contributed by atoms with Crippen LogP contribution in [0.5, 0.6) is 11.5 Å². The maximum Gasteiger partial charge on any atom is 0.238 e. The molecule has 3 aromatic carbocycles. The Balaban J connectivity index is 1.56. The van der Waals surface area contributed by atoms with E-state index in [2.05, 4.69) is 27.0 Å². The van der Waals surface area contributed by atoms with E-state index in [1.165, 1.54) is 0 Å². The Bertz CT molecular complexity index is 1590. The zero-order valence-electron chi connectivity index (χ0n) is 20.1. The molecule has 7 heteroatoms. The van der Waals surface area contributed by atoms with Crippen molar-refractivity contribution < 1.29 is 18.3 Å². The van der Waals surface area contributed by atoms with Crippen LogP contribution < -0.4 is 9.47 Å². The highest BCUT2D eigenvalue weighted by Crippen LogP contribution is 2.43. The molecular formula is C30H21BrN2O4. The summed E-state index contributed by atoms with van der Waals surface area (Å²) in [4.78, 5) is 4.50. The topological polar surface area (TPSA) is 80.9 Å². The average Bonchev–Trinajstić information content (AvgIpc) is 3.57. The number of nitrogens with zero attached hydrogens (tertiary/aromatic N) is 2. The average molecular weight is 553 g/mol. The lowest BCUT2D eigenvalue weighted by atomic mass is 9.98. The molecular weight excluding hydrogens is 532 g/mol. The van der Waals surface area contributed by atoms with Crippen LogP contribution >= 0.6 is 15.9 Å². The van der Waals surface area contributed by atoms with Crippen molar-refractivity contribution in [3.63, 3.8) is 0 Å². The van der Waals surface area contributed by atoms with Crippen LogP contribution in [0, 0.1) is 11.3 Å². The van der Waals surface area contributed by atoms with Crippen LogP contribution in [0.25, 0.3) is 33.8 Å². The van der Waals surface area contributed by atoms with Crippen LogP contribution in [0.15, 0.2) is 103 Å². The van der Waals surface area contributed by atoms with Crippen molar-refractivity contribution in [1.82, 2.24) is 0 Å². The second kappa shape index (κ2) is 10.6. The SMILES string of the molecule is COc1ccc(-c2oc(N=Cc3ccc(-c4ccc(Br)cc4)o3)c(C#N)c2-c2ccc(OC)cc2)cc1. The molecule has 0 saturated carbocycles. The minimum Gasteiger partial charge on any atom is -0.497 e.